The Kier molecular flexibility index (Phi) is 24.4. The van der Waals surface area contributed by atoms with Crippen molar-refractivity contribution in [1.29, 1.82) is 5.26 Å². The summed E-state index contributed by atoms with van der Waals surface area (Å²) < 4.78 is 106. The number of para-hydroxylation sites is 2. The number of aromatic nitrogens is 6. The molecular formula is C63H67Cl2N9O22P2. The number of halogens is 2. The average molecular weight is 1440 g/mol. The monoisotopic (exact) mass is 1430 g/mol. The molecule has 0 radical (unpaired) electrons. The van der Waals surface area contributed by atoms with Crippen molar-refractivity contribution in [3.8, 4) is 29.1 Å². The number of esters is 1. The maximum Gasteiger partial charge on any atom is 0.530 e. The van der Waals surface area contributed by atoms with Crippen LogP contribution < -0.4 is 34.8 Å². The van der Waals surface area contributed by atoms with E-state index in [2.05, 4.69) is 19.9 Å². The molecule has 4 aliphatic heterocycles. The summed E-state index contributed by atoms with van der Waals surface area (Å²) in [5.41, 5.74) is 5.77. The first-order chi connectivity index (χ1) is 47.2. The number of carbonyl (C=O) groups is 4. The van der Waals surface area contributed by atoms with Crippen LogP contribution in [-0.2, 0) is 60.9 Å². The summed E-state index contributed by atoms with van der Waals surface area (Å²) in [7, 11) is -5.31. The molecule has 7 aromatic rings. The maximum absolute atomic E-state index is 14.3. The minimum Gasteiger partial charge on any atom is -0.497 e. The molecule has 31 nitrogen and oxygen atoms in total. The zero-order valence-electron chi connectivity index (χ0n) is 52.6. The van der Waals surface area contributed by atoms with Gasteiger partial charge in [-0.2, -0.15) is 10.2 Å². The van der Waals surface area contributed by atoms with E-state index in [1.807, 2.05) is 6.07 Å². The molecule has 98 heavy (non-hydrogen) atoms. The number of nitriles is 1. The Labute approximate surface area is 569 Å². The van der Waals surface area contributed by atoms with E-state index in [1.54, 1.807) is 48.5 Å². The SMILES string of the molecule is CC(=O)CCC(=O)OC[C@H]1O[C@@H](n2cnc3c(N)ncnc32)[C@H](OC2CCCO2)[C@@H]1OP(=O)(OCCC#N)Oc1ccccc1Cl.COc1ccc(C(=O)N(C(=O)c2ccc(OC)cc2)c2ccn([C@@H]3O[C@H](CO)[C@](O)([PH](=O)Oc4ccccc4Cl)[C@H]3OC3CCCO3)c(=O)n2)cc1. The molecule has 11 rings (SSSR count). The quantitative estimate of drug-likeness (QED) is 0.0190. The number of ketones is 1. The number of aliphatic hydroxyl groups is 2. The molecule has 4 unspecified atom stereocenters. The van der Waals surface area contributed by atoms with Crippen LogP contribution >= 0.6 is 39.1 Å². The summed E-state index contributed by atoms with van der Waals surface area (Å²) in [5, 5.41) is 29.2. The summed E-state index contributed by atoms with van der Waals surface area (Å²) in [5.74, 6) is -1.68. The minimum absolute atomic E-state index is 0.00323. The molecule has 0 saturated carbocycles. The highest BCUT2D eigenvalue weighted by Crippen LogP contribution is 2.56. The molecule has 0 bridgehead atoms. The third-order valence-electron chi connectivity index (χ3n) is 15.6. The minimum atomic E-state index is -4.59. The fourth-order valence-electron chi connectivity index (χ4n) is 10.7. The number of ether oxygens (including phenoxy) is 9. The second kappa shape index (κ2) is 33.1. The Hall–Kier alpha value is -8.28. The molecule has 35 heteroatoms. The summed E-state index contributed by atoms with van der Waals surface area (Å²) in [6, 6.07) is 27.6. The first-order valence-corrected chi connectivity index (χ1v) is 34.0. The number of rotatable bonds is 27. The van der Waals surface area contributed by atoms with E-state index in [-0.39, 0.29) is 76.0 Å². The second-order valence-electron chi connectivity index (χ2n) is 22.1. The molecule has 4 aromatic carbocycles. The van der Waals surface area contributed by atoms with E-state index in [0.29, 0.717) is 55.1 Å². The van der Waals surface area contributed by atoms with Gasteiger partial charge in [-0.15, -0.1) is 0 Å². The van der Waals surface area contributed by atoms with Gasteiger partial charge >= 0.3 is 19.5 Å². The smallest absolute Gasteiger partial charge is 0.497 e. The lowest BCUT2D eigenvalue weighted by atomic mass is 10.1. The standard InChI is InChI=1S/C35H35ClN3O12P.C28H32ClN6O10P/c1-46-23-13-9-21(10-14-23)31(41)39(32(42)22-11-15-24(47-2)16-12-22)28-17-18-38(34(43)37-28)33-30(50-29-8-5-19-48-29)35(44,27(20-40)49-33)52(45)51-26-7-4-3-6-25(26)36;1-17(36)9-10-21(37)40-14-20-24(45-46(38,41-13-5-11-30)44-19-7-3-2-6-18(19)29)25(43-22-8-4-12-39-22)28(42-20)35-16-34-23-26(31)32-15-33-27(23)35/h3-4,6-7,9-18,27,29-30,33,40,44,52H,5,8,19-20H2,1-2H3;2-3,6-7,15-16,20,22,24-25,28H,4-5,8-10,12-14H2,1H3,(H2,31,32,33)/t27-,29?,30+,33-,35+;20-,22?,24-,25-,28-,46?/m11/s1. The Balaban J connectivity index is 0.000000214. The normalized spacial score (nSPS) is 23.6. The molecule has 4 aliphatic rings. The number of benzene rings is 4. The molecule has 7 heterocycles. The van der Waals surface area contributed by atoms with Gasteiger partial charge in [-0.3, -0.25) is 37.1 Å². The van der Waals surface area contributed by atoms with Crippen LogP contribution in [0.1, 0.15) is 85.0 Å². The number of hydrogen-bond donors (Lipinski definition) is 3. The van der Waals surface area contributed by atoms with E-state index >= 15 is 0 Å². The highest BCUT2D eigenvalue weighted by atomic mass is 35.5. The van der Waals surface area contributed by atoms with Gasteiger partial charge < -0.3 is 72.4 Å². The van der Waals surface area contributed by atoms with Crippen molar-refractivity contribution in [1.82, 2.24) is 29.1 Å². The number of aliphatic hydroxyl groups excluding tert-OH is 1. The average Bonchev–Trinajstić information content (AvgIpc) is 1.56. The van der Waals surface area contributed by atoms with Crippen LogP contribution in [0.4, 0.5) is 11.6 Å². The highest BCUT2D eigenvalue weighted by Gasteiger charge is 2.63. The highest BCUT2D eigenvalue weighted by molar-refractivity contribution is 7.49. The van der Waals surface area contributed by atoms with Gasteiger partial charge in [0.2, 0.25) is 5.34 Å². The molecule has 2 amide bonds. The number of hydrogen-bond acceptors (Lipinski definition) is 28. The van der Waals surface area contributed by atoms with Gasteiger partial charge in [0.15, 0.2) is 36.5 Å². The number of methoxy groups -OCH3 is 2. The van der Waals surface area contributed by atoms with E-state index in [4.69, 9.17) is 94.9 Å². The molecule has 3 aromatic heterocycles. The first kappa shape index (κ1) is 72.5. The number of phosphoric acid groups is 1. The van der Waals surface area contributed by atoms with Crippen LogP contribution in [0, 0.1) is 11.3 Å². The number of anilines is 2. The van der Waals surface area contributed by atoms with Crippen LogP contribution in [0.3, 0.4) is 0 Å². The van der Waals surface area contributed by atoms with Crippen LogP contribution in [0.25, 0.3) is 11.2 Å². The number of phosphoric ester groups is 1. The number of amides is 2. The van der Waals surface area contributed by atoms with Gasteiger partial charge in [0.25, 0.3) is 19.8 Å². The topological polar surface area (TPSA) is 394 Å². The van der Waals surface area contributed by atoms with Crippen LogP contribution in [0.15, 0.2) is 127 Å². The second-order valence-corrected chi connectivity index (χ2v) is 26.0. The fourth-order valence-corrected chi connectivity index (χ4v) is 14.0. The molecule has 12 atom stereocenters. The van der Waals surface area contributed by atoms with Crippen LogP contribution in [0.2, 0.25) is 10.0 Å². The summed E-state index contributed by atoms with van der Waals surface area (Å²) >= 11 is 12.5. The van der Waals surface area contributed by atoms with Crippen molar-refractivity contribution >= 4 is 85.4 Å². The first-order valence-electron chi connectivity index (χ1n) is 30.5. The summed E-state index contributed by atoms with van der Waals surface area (Å²) in [6.07, 6.45) is -4.94. The van der Waals surface area contributed by atoms with E-state index in [0.717, 1.165) is 15.9 Å². The zero-order chi connectivity index (χ0) is 69.7. The summed E-state index contributed by atoms with van der Waals surface area (Å²) in [4.78, 5) is 83.0. The predicted molar refractivity (Wildman–Crippen MR) is 346 cm³/mol. The number of carbonyl (C=O) groups excluding carboxylic acids is 4. The van der Waals surface area contributed by atoms with Crippen molar-refractivity contribution in [2.75, 3.05) is 57.9 Å². The van der Waals surface area contributed by atoms with Gasteiger partial charge in [-0.05, 0) is 98.6 Å². The van der Waals surface area contributed by atoms with Crippen molar-refractivity contribution in [2.45, 2.75) is 113 Å². The molecule has 4 saturated heterocycles. The Bertz CT molecular complexity index is 4080. The molecule has 520 valence electrons. The Morgan fingerprint density at radius 3 is 2.01 bits per heavy atom. The maximum atomic E-state index is 14.3. The fraction of sp³-hybridized carbons (Fsp3) is 0.397. The van der Waals surface area contributed by atoms with E-state index in [9.17, 15) is 43.3 Å². The number of imide groups is 1. The number of imidazole rings is 1. The molecular weight excluding hydrogens is 1370 g/mol. The van der Waals surface area contributed by atoms with Gasteiger partial charge in [0.05, 0.1) is 62.7 Å². The number of nitrogen functional groups attached to an aromatic ring is 1. The number of fused-ring (bicyclic) bond motifs is 1. The van der Waals surface area contributed by atoms with Gasteiger partial charge in [0, 0.05) is 49.8 Å². The van der Waals surface area contributed by atoms with Gasteiger partial charge in [-0.25, -0.2) is 29.2 Å². The number of nitrogens with zero attached hydrogens (tertiary/aromatic N) is 8. The van der Waals surface area contributed by atoms with Gasteiger partial charge in [-0.1, -0.05) is 47.5 Å². The number of nitrogens with two attached hydrogens (primary N) is 1. The largest absolute Gasteiger partial charge is 0.530 e. The lowest BCUT2D eigenvalue weighted by molar-refractivity contribution is -0.188. The summed E-state index contributed by atoms with van der Waals surface area (Å²) in [6.45, 7) is 0.628. The Morgan fingerprint density at radius 1 is 0.816 bits per heavy atom. The van der Waals surface area contributed by atoms with Crippen LogP contribution in [0.5, 0.6) is 23.0 Å². The number of Topliss-reactive ketones (excluding diaryl/α,β-unsaturated/α-hetero) is 1. The van der Waals surface area contributed by atoms with E-state index in [1.165, 1.54) is 99.2 Å². The third kappa shape index (κ3) is 16.9. The third-order valence-corrected chi connectivity index (χ3v) is 19.3. The van der Waals surface area contributed by atoms with Gasteiger partial charge in [0.1, 0.15) is 83.6 Å². The molecule has 4 fully saturated rings. The van der Waals surface area contributed by atoms with E-state index < -0.39 is 113 Å². The lowest BCUT2D eigenvalue weighted by Crippen LogP contribution is -2.50. The zero-order valence-corrected chi connectivity index (χ0v) is 56.1. The lowest BCUT2D eigenvalue weighted by Gasteiger charge is -2.33. The van der Waals surface area contributed by atoms with Crippen molar-refractivity contribution in [3.05, 3.63) is 154 Å². The van der Waals surface area contributed by atoms with Crippen molar-refractivity contribution < 1.29 is 99.2 Å². The predicted octanol–water partition coefficient (Wildman–Crippen LogP) is 7.95. The molecule has 4 N–H and O–H groups in total. The van der Waals surface area contributed by atoms with Crippen molar-refractivity contribution in [3.63, 3.8) is 0 Å². The van der Waals surface area contributed by atoms with Crippen molar-refractivity contribution in [2.24, 2.45) is 0 Å². The Morgan fingerprint density at radius 2 is 1.44 bits per heavy atom. The molecule has 0 spiro atoms. The molecule has 0 aliphatic carbocycles. The van der Waals surface area contributed by atoms with Crippen LogP contribution in [-0.4, -0.2) is 159 Å².